The number of fused-ring (bicyclic) bond motifs is 1. The molecule has 0 saturated carbocycles. The Bertz CT molecular complexity index is 987. The van der Waals surface area contributed by atoms with Crippen molar-refractivity contribution >= 4 is 23.2 Å². The quantitative estimate of drug-likeness (QED) is 0.700. The molecular formula is C23H20N2O3. The maximum Gasteiger partial charge on any atom is 0.270 e. The molecule has 4 rings (SSSR count). The van der Waals surface area contributed by atoms with Gasteiger partial charge in [0.2, 0.25) is 12.0 Å². The van der Waals surface area contributed by atoms with Crippen LogP contribution < -0.4 is 15.4 Å². The minimum Gasteiger partial charge on any atom is -0.476 e. The summed E-state index contributed by atoms with van der Waals surface area (Å²) in [4.78, 5) is 24.7. The lowest BCUT2D eigenvalue weighted by molar-refractivity contribution is -0.123. The molecule has 1 aliphatic heterocycles. The predicted octanol–water partition coefficient (Wildman–Crippen LogP) is 4.33. The van der Waals surface area contributed by atoms with Crippen LogP contribution in [0.15, 0.2) is 78.9 Å². The predicted molar refractivity (Wildman–Crippen MR) is 108 cm³/mol. The third-order valence-electron chi connectivity index (χ3n) is 4.61. The summed E-state index contributed by atoms with van der Waals surface area (Å²) in [6.45, 7) is 0. The molecule has 2 N–H and O–H groups in total. The Labute approximate surface area is 163 Å². The van der Waals surface area contributed by atoms with E-state index >= 15 is 0 Å². The van der Waals surface area contributed by atoms with Gasteiger partial charge in [0, 0.05) is 23.4 Å². The molecule has 1 unspecified atom stereocenters. The molecule has 1 atom stereocenters. The molecule has 5 heteroatoms. The van der Waals surface area contributed by atoms with Gasteiger partial charge >= 0.3 is 0 Å². The van der Waals surface area contributed by atoms with Crippen molar-refractivity contribution < 1.29 is 14.3 Å². The summed E-state index contributed by atoms with van der Waals surface area (Å²) < 4.78 is 5.98. The minimum atomic E-state index is -0.797. The summed E-state index contributed by atoms with van der Waals surface area (Å²) in [6, 6.07) is 24.2. The van der Waals surface area contributed by atoms with E-state index in [1.54, 1.807) is 6.07 Å². The van der Waals surface area contributed by atoms with E-state index in [0.29, 0.717) is 24.3 Å². The Hall–Kier alpha value is -3.60. The molecule has 28 heavy (non-hydrogen) atoms. The van der Waals surface area contributed by atoms with Crippen molar-refractivity contribution in [1.82, 2.24) is 0 Å². The number of anilines is 2. The first kappa shape index (κ1) is 17.8. The maximum atomic E-state index is 13.0. The van der Waals surface area contributed by atoms with Crippen LogP contribution in [0.25, 0.3) is 0 Å². The molecule has 0 fully saturated rings. The van der Waals surface area contributed by atoms with Gasteiger partial charge in [-0.3, -0.25) is 9.59 Å². The van der Waals surface area contributed by atoms with Gasteiger partial charge in [0.15, 0.2) is 0 Å². The molecule has 0 aromatic heterocycles. The van der Waals surface area contributed by atoms with Gasteiger partial charge in [0.1, 0.15) is 5.75 Å². The summed E-state index contributed by atoms with van der Waals surface area (Å²) in [5.41, 5.74) is 3.19. The lowest BCUT2D eigenvalue weighted by Gasteiger charge is -2.21. The van der Waals surface area contributed by atoms with Crippen LogP contribution in [-0.2, 0) is 16.0 Å². The van der Waals surface area contributed by atoms with Crippen LogP contribution in [0.2, 0.25) is 0 Å². The van der Waals surface area contributed by atoms with Crippen LogP contribution in [-0.4, -0.2) is 11.8 Å². The first-order chi connectivity index (χ1) is 13.7. The van der Waals surface area contributed by atoms with Gasteiger partial charge in [-0.1, -0.05) is 54.6 Å². The topological polar surface area (TPSA) is 67.4 Å². The smallest absolute Gasteiger partial charge is 0.270 e. The molecule has 0 spiro atoms. The van der Waals surface area contributed by atoms with E-state index in [2.05, 4.69) is 10.6 Å². The Balaban J connectivity index is 1.57. The third-order valence-corrected chi connectivity index (χ3v) is 4.61. The fourth-order valence-corrected chi connectivity index (χ4v) is 3.19. The van der Waals surface area contributed by atoms with Gasteiger partial charge < -0.3 is 15.4 Å². The Morgan fingerprint density at radius 2 is 1.64 bits per heavy atom. The lowest BCUT2D eigenvalue weighted by Crippen LogP contribution is -2.26. The number of carbonyl (C=O) groups excluding carboxylic acids is 2. The second-order valence-electron chi connectivity index (χ2n) is 6.63. The summed E-state index contributed by atoms with van der Waals surface area (Å²) in [7, 11) is 0. The zero-order chi connectivity index (χ0) is 19.3. The Kier molecular flexibility index (Phi) is 5.06. The number of amides is 2. The Morgan fingerprint density at radius 3 is 2.39 bits per heavy atom. The SMILES string of the molecule is O=C1CCc2ccc(NC(=O)C(Oc3ccccc3)c3ccccc3)cc2N1. The highest BCUT2D eigenvalue weighted by Gasteiger charge is 2.23. The zero-order valence-corrected chi connectivity index (χ0v) is 15.2. The van der Waals surface area contributed by atoms with Gasteiger partial charge in [-0.05, 0) is 36.2 Å². The summed E-state index contributed by atoms with van der Waals surface area (Å²) in [6.07, 6.45) is 0.396. The number of ether oxygens (including phenoxy) is 1. The molecule has 1 heterocycles. The number of nitrogens with one attached hydrogen (secondary N) is 2. The van der Waals surface area contributed by atoms with E-state index < -0.39 is 6.10 Å². The van der Waals surface area contributed by atoms with Crippen LogP contribution in [0, 0.1) is 0 Å². The molecule has 0 saturated heterocycles. The largest absolute Gasteiger partial charge is 0.476 e. The average molecular weight is 372 g/mol. The van der Waals surface area contributed by atoms with E-state index in [9.17, 15) is 9.59 Å². The molecule has 3 aromatic rings. The van der Waals surface area contributed by atoms with Crippen molar-refractivity contribution in [2.75, 3.05) is 10.6 Å². The highest BCUT2D eigenvalue weighted by Crippen LogP contribution is 2.28. The maximum absolute atomic E-state index is 13.0. The second kappa shape index (κ2) is 7.96. The van der Waals surface area contributed by atoms with Crippen molar-refractivity contribution in [2.24, 2.45) is 0 Å². The summed E-state index contributed by atoms with van der Waals surface area (Å²) >= 11 is 0. The first-order valence-corrected chi connectivity index (χ1v) is 9.19. The number of carbonyl (C=O) groups is 2. The van der Waals surface area contributed by atoms with Crippen LogP contribution >= 0.6 is 0 Å². The fraction of sp³-hybridized carbons (Fsp3) is 0.130. The third kappa shape index (κ3) is 4.04. The summed E-state index contributed by atoms with van der Waals surface area (Å²) in [5, 5.41) is 5.76. The molecule has 0 radical (unpaired) electrons. The Morgan fingerprint density at radius 1 is 0.929 bits per heavy atom. The van der Waals surface area contributed by atoms with Crippen molar-refractivity contribution in [3.05, 3.63) is 90.0 Å². The van der Waals surface area contributed by atoms with Crippen LogP contribution in [0.5, 0.6) is 5.75 Å². The number of aryl methyl sites for hydroxylation is 1. The van der Waals surface area contributed by atoms with Gasteiger partial charge in [-0.15, -0.1) is 0 Å². The van der Waals surface area contributed by atoms with Crippen LogP contribution in [0.4, 0.5) is 11.4 Å². The van der Waals surface area contributed by atoms with E-state index in [1.807, 2.05) is 72.8 Å². The molecule has 5 nitrogen and oxygen atoms in total. The van der Waals surface area contributed by atoms with Gasteiger partial charge in [-0.2, -0.15) is 0 Å². The van der Waals surface area contributed by atoms with E-state index in [4.69, 9.17) is 4.74 Å². The van der Waals surface area contributed by atoms with Crippen LogP contribution in [0.1, 0.15) is 23.7 Å². The number of rotatable bonds is 5. The molecule has 0 aliphatic carbocycles. The van der Waals surface area contributed by atoms with Gasteiger partial charge in [0.25, 0.3) is 5.91 Å². The monoisotopic (exact) mass is 372 g/mol. The molecule has 2 amide bonds. The number of benzene rings is 3. The zero-order valence-electron chi connectivity index (χ0n) is 15.2. The number of hydrogen-bond donors (Lipinski definition) is 2. The van der Waals surface area contributed by atoms with E-state index in [1.165, 1.54) is 0 Å². The second-order valence-corrected chi connectivity index (χ2v) is 6.63. The molecule has 1 aliphatic rings. The number of para-hydroxylation sites is 1. The van der Waals surface area contributed by atoms with Crippen LogP contribution in [0.3, 0.4) is 0 Å². The van der Waals surface area contributed by atoms with Crippen molar-refractivity contribution in [2.45, 2.75) is 18.9 Å². The number of hydrogen-bond acceptors (Lipinski definition) is 3. The van der Waals surface area contributed by atoms with Gasteiger partial charge in [0.05, 0.1) is 0 Å². The first-order valence-electron chi connectivity index (χ1n) is 9.19. The van der Waals surface area contributed by atoms with Crippen molar-refractivity contribution in [3.63, 3.8) is 0 Å². The molecule has 0 bridgehead atoms. The highest BCUT2D eigenvalue weighted by atomic mass is 16.5. The fourth-order valence-electron chi connectivity index (χ4n) is 3.19. The van der Waals surface area contributed by atoms with E-state index in [-0.39, 0.29) is 11.8 Å². The van der Waals surface area contributed by atoms with E-state index in [0.717, 1.165) is 16.8 Å². The van der Waals surface area contributed by atoms with Crippen molar-refractivity contribution in [1.29, 1.82) is 0 Å². The summed E-state index contributed by atoms with van der Waals surface area (Å²) in [5.74, 6) is 0.326. The van der Waals surface area contributed by atoms with Gasteiger partial charge in [-0.25, -0.2) is 0 Å². The normalized spacial score (nSPS) is 13.8. The highest BCUT2D eigenvalue weighted by molar-refractivity contribution is 5.98. The standard InChI is InChI=1S/C23H20N2O3/c26-21-14-12-16-11-13-18(15-20(16)25-21)24-23(27)22(17-7-3-1-4-8-17)28-19-9-5-2-6-10-19/h1-11,13,15,22H,12,14H2,(H,24,27)(H,25,26). The molecule has 140 valence electrons. The average Bonchev–Trinajstić information content (AvgIpc) is 2.73. The van der Waals surface area contributed by atoms with Crippen molar-refractivity contribution in [3.8, 4) is 5.75 Å². The minimum absolute atomic E-state index is 0.00875. The lowest BCUT2D eigenvalue weighted by atomic mass is 10.0. The molecule has 3 aromatic carbocycles. The molecular weight excluding hydrogens is 352 g/mol.